The van der Waals surface area contributed by atoms with Gasteiger partial charge in [0.25, 0.3) is 11.3 Å². The normalized spacial score (nSPS) is 23.3. The first-order chi connectivity index (χ1) is 9.79. The minimum Gasteiger partial charge on any atom is -0.316 e. The number of aromatic nitrogens is 4. The summed E-state index contributed by atoms with van der Waals surface area (Å²) in [5, 5.41) is 6.48. The van der Waals surface area contributed by atoms with Crippen molar-refractivity contribution in [1.29, 1.82) is 0 Å². The molecule has 20 heavy (non-hydrogen) atoms. The molecule has 2 aromatic rings. The molecule has 0 bridgehead atoms. The van der Waals surface area contributed by atoms with E-state index < -0.39 is 0 Å². The number of fused-ring (bicyclic) bond motifs is 1. The van der Waals surface area contributed by atoms with Crippen LogP contribution in [-0.4, -0.2) is 32.7 Å². The van der Waals surface area contributed by atoms with Crippen molar-refractivity contribution in [2.75, 3.05) is 13.1 Å². The molecule has 0 amide bonds. The Kier molecular flexibility index (Phi) is 2.84. The van der Waals surface area contributed by atoms with Gasteiger partial charge in [0.2, 0.25) is 0 Å². The predicted octanol–water partition coefficient (Wildman–Crippen LogP) is 0.837. The standard InChI is InChI=1S/C14H19N5O/c20-12-7-11(6-9-2-1-5-15-8-9)16-14-17-13(10-3-4-10)18-19(12)14/h7,9-10,15H,1-6,8H2,(H,16,17,18). The van der Waals surface area contributed by atoms with Crippen LogP contribution in [0, 0.1) is 5.92 Å². The molecule has 6 nitrogen and oxygen atoms in total. The highest BCUT2D eigenvalue weighted by Crippen LogP contribution is 2.37. The monoisotopic (exact) mass is 273 g/mol. The second-order valence-electron chi connectivity index (χ2n) is 6.02. The van der Waals surface area contributed by atoms with E-state index in [1.807, 2.05) is 0 Å². The third kappa shape index (κ3) is 2.24. The molecule has 2 aliphatic rings. The number of hydrogen-bond acceptors (Lipinski definition) is 4. The van der Waals surface area contributed by atoms with Crippen LogP contribution in [0.3, 0.4) is 0 Å². The first kappa shape index (κ1) is 12.1. The van der Waals surface area contributed by atoms with Gasteiger partial charge in [-0.3, -0.25) is 9.89 Å². The number of H-pyrrole nitrogens is 1. The van der Waals surface area contributed by atoms with Crippen molar-refractivity contribution < 1.29 is 0 Å². The maximum Gasteiger partial charge on any atom is 0.274 e. The second kappa shape index (κ2) is 4.70. The van der Waals surface area contributed by atoms with Crippen LogP contribution in [0.4, 0.5) is 0 Å². The number of nitrogens with one attached hydrogen (secondary N) is 2. The zero-order chi connectivity index (χ0) is 13.5. The summed E-state index contributed by atoms with van der Waals surface area (Å²) in [6.45, 7) is 2.13. The van der Waals surface area contributed by atoms with E-state index in [1.54, 1.807) is 6.07 Å². The zero-order valence-electron chi connectivity index (χ0n) is 11.4. The van der Waals surface area contributed by atoms with Crippen molar-refractivity contribution in [3.05, 3.63) is 27.9 Å². The molecule has 2 aromatic heterocycles. The van der Waals surface area contributed by atoms with Gasteiger partial charge in [0.1, 0.15) is 5.82 Å². The van der Waals surface area contributed by atoms with Crippen LogP contribution >= 0.6 is 0 Å². The van der Waals surface area contributed by atoms with Crippen molar-refractivity contribution in [1.82, 2.24) is 24.9 Å². The van der Waals surface area contributed by atoms with E-state index >= 15 is 0 Å². The summed E-state index contributed by atoms with van der Waals surface area (Å²) in [7, 11) is 0. The summed E-state index contributed by atoms with van der Waals surface area (Å²) in [4.78, 5) is 21.2. The van der Waals surface area contributed by atoms with Crippen LogP contribution in [0.5, 0.6) is 0 Å². The van der Waals surface area contributed by atoms with Crippen LogP contribution in [0.2, 0.25) is 0 Å². The van der Waals surface area contributed by atoms with Crippen molar-refractivity contribution in [3.63, 3.8) is 0 Å². The molecule has 106 valence electrons. The predicted molar refractivity (Wildman–Crippen MR) is 74.9 cm³/mol. The van der Waals surface area contributed by atoms with Gasteiger partial charge in [-0.15, -0.1) is 0 Å². The molecular weight excluding hydrogens is 254 g/mol. The van der Waals surface area contributed by atoms with Gasteiger partial charge >= 0.3 is 0 Å². The van der Waals surface area contributed by atoms with E-state index in [4.69, 9.17) is 0 Å². The minimum atomic E-state index is -0.0480. The SMILES string of the molecule is O=c1cc(CC2CCCNC2)nc2nc(C3CC3)[nH]n12. The molecular formula is C14H19N5O. The molecule has 2 N–H and O–H groups in total. The van der Waals surface area contributed by atoms with E-state index in [1.165, 1.54) is 17.4 Å². The summed E-state index contributed by atoms with van der Waals surface area (Å²) >= 11 is 0. The lowest BCUT2D eigenvalue weighted by Crippen LogP contribution is -2.31. The first-order valence-corrected chi connectivity index (χ1v) is 7.49. The van der Waals surface area contributed by atoms with Gasteiger partial charge in [-0.05, 0) is 51.1 Å². The second-order valence-corrected chi connectivity index (χ2v) is 6.02. The third-order valence-electron chi connectivity index (χ3n) is 4.26. The lowest BCUT2D eigenvalue weighted by molar-refractivity contribution is 0.373. The molecule has 3 heterocycles. The summed E-state index contributed by atoms with van der Waals surface area (Å²) in [5.41, 5.74) is 0.825. The fourth-order valence-electron chi connectivity index (χ4n) is 2.98. The van der Waals surface area contributed by atoms with E-state index in [2.05, 4.69) is 20.4 Å². The summed E-state index contributed by atoms with van der Waals surface area (Å²) in [5.74, 6) is 2.52. The smallest absolute Gasteiger partial charge is 0.274 e. The van der Waals surface area contributed by atoms with Crippen LogP contribution in [0.25, 0.3) is 5.78 Å². The molecule has 4 rings (SSSR count). The molecule has 1 saturated carbocycles. The number of hydrogen-bond donors (Lipinski definition) is 2. The maximum absolute atomic E-state index is 12.1. The molecule has 1 unspecified atom stereocenters. The van der Waals surface area contributed by atoms with Crippen LogP contribution in [-0.2, 0) is 6.42 Å². The number of nitrogens with zero attached hydrogens (tertiary/aromatic N) is 3. The first-order valence-electron chi connectivity index (χ1n) is 7.49. The summed E-state index contributed by atoms with van der Waals surface area (Å²) in [6, 6.07) is 1.65. The van der Waals surface area contributed by atoms with Crippen LogP contribution in [0.1, 0.15) is 43.1 Å². The van der Waals surface area contributed by atoms with Gasteiger partial charge in [0.15, 0.2) is 0 Å². The number of piperidine rings is 1. The fourth-order valence-corrected chi connectivity index (χ4v) is 2.98. The third-order valence-corrected chi connectivity index (χ3v) is 4.26. The van der Waals surface area contributed by atoms with E-state index in [9.17, 15) is 4.79 Å². The highest BCUT2D eigenvalue weighted by atomic mass is 16.1. The summed E-state index contributed by atoms with van der Waals surface area (Å²) in [6.07, 6.45) is 5.61. The van der Waals surface area contributed by atoms with Crippen molar-refractivity contribution >= 4 is 5.78 Å². The molecule has 1 saturated heterocycles. The largest absolute Gasteiger partial charge is 0.316 e. The number of aromatic amines is 1. The Morgan fingerprint density at radius 3 is 2.95 bits per heavy atom. The van der Waals surface area contributed by atoms with E-state index in [0.29, 0.717) is 17.6 Å². The number of rotatable bonds is 3. The van der Waals surface area contributed by atoms with Crippen molar-refractivity contribution in [2.24, 2.45) is 5.92 Å². The van der Waals surface area contributed by atoms with Gasteiger partial charge < -0.3 is 5.32 Å². The van der Waals surface area contributed by atoms with Crippen molar-refractivity contribution in [2.45, 2.75) is 38.0 Å². The molecule has 0 spiro atoms. The molecule has 1 aliphatic heterocycles. The minimum absolute atomic E-state index is 0.0480. The molecule has 6 heteroatoms. The quantitative estimate of drug-likeness (QED) is 0.869. The topological polar surface area (TPSA) is 75.1 Å². The van der Waals surface area contributed by atoms with Gasteiger partial charge in [0.05, 0.1) is 5.69 Å². The summed E-state index contributed by atoms with van der Waals surface area (Å²) < 4.78 is 1.47. The zero-order valence-corrected chi connectivity index (χ0v) is 11.4. The van der Waals surface area contributed by atoms with Crippen LogP contribution < -0.4 is 10.9 Å². The Morgan fingerprint density at radius 1 is 1.30 bits per heavy atom. The Bertz CT molecular complexity index is 678. The van der Waals surface area contributed by atoms with Crippen LogP contribution in [0.15, 0.2) is 10.9 Å². The molecule has 0 radical (unpaired) electrons. The maximum atomic E-state index is 12.1. The highest BCUT2D eigenvalue weighted by molar-refractivity contribution is 5.29. The Labute approximate surface area is 116 Å². The van der Waals surface area contributed by atoms with Gasteiger partial charge in [-0.2, -0.15) is 9.50 Å². The molecule has 1 atom stereocenters. The van der Waals surface area contributed by atoms with Crippen molar-refractivity contribution in [3.8, 4) is 0 Å². The Morgan fingerprint density at radius 2 is 2.20 bits per heavy atom. The average molecular weight is 273 g/mol. The average Bonchev–Trinajstić information content (AvgIpc) is 3.20. The van der Waals surface area contributed by atoms with Gasteiger partial charge in [0, 0.05) is 12.0 Å². The van der Waals surface area contributed by atoms with E-state index in [-0.39, 0.29) is 5.56 Å². The highest BCUT2D eigenvalue weighted by Gasteiger charge is 2.27. The lowest BCUT2D eigenvalue weighted by atomic mass is 9.95. The molecule has 1 aliphatic carbocycles. The molecule has 0 aromatic carbocycles. The van der Waals surface area contributed by atoms with Gasteiger partial charge in [-0.1, -0.05) is 0 Å². The molecule has 2 fully saturated rings. The Hall–Kier alpha value is -1.69. The van der Waals surface area contributed by atoms with Gasteiger partial charge in [-0.25, -0.2) is 4.98 Å². The fraction of sp³-hybridized carbons (Fsp3) is 0.643. The Balaban J connectivity index is 1.64. The van der Waals surface area contributed by atoms with E-state index in [0.717, 1.165) is 43.9 Å². The lowest BCUT2D eigenvalue weighted by Gasteiger charge is -2.22.